The molecule has 0 aliphatic carbocycles. The Labute approximate surface area is 176 Å². The lowest BCUT2D eigenvalue weighted by molar-refractivity contribution is -0.168. The zero-order valence-corrected chi connectivity index (χ0v) is 16.8. The van der Waals surface area contributed by atoms with Gasteiger partial charge < -0.3 is 5.32 Å². The van der Waals surface area contributed by atoms with E-state index in [4.69, 9.17) is 0 Å². The van der Waals surface area contributed by atoms with E-state index in [1.165, 1.54) is 6.33 Å². The Hall–Kier alpha value is -3.34. The predicted molar refractivity (Wildman–Crippen MR) is 111 cm³/mol. The first-order valence-electron chi connectivity index (χ1n) is 9.68. The third kappa shape index (κ3) is 6.07. The number of ketones is 1. The van der Waals surface area contributed by atoms with Crippen LogP contribution >= 0.6 is 0 Å². The monoisotopic (exact) mass is 433 g/mol. The zero-order chi connectivity index (χ0) is 22.3. The lowest BCUT2D eigenvalue weighted by Gasteiger charge is -2.18. The van der Waals surface area contributed by atoms with Crippen LogP contribution in [0.4, 0.5) is 19.0 Å². The van der Waals surface area contributed by atoms with Crippen molar-refractivity contribution in [3.63, 3.8) is 0 Å². The van der Waals surface area contributed by atoms with Crippen LogP contribution < -0.4 is 10.7 Å². The van der Waals surface area contributed by atoms with E-state index in [2.05, 4.69) is 30.9 Å². The van der Waals surface area contributed by atoms with Crippen molar-refractivity contribution >= 4 is 28.8 Å². The van der Waals surface area contributed by atoms with Gasteiger partial charge in [0, 0.05) is 13.1 Å². The first-order chi connectivity index (χ1) is 14.9. The second-order valence-corrected chi connectivity index (χ2v) is 6.88. The van der Waals surface area contributed by atoms with E-state index in [-0.39, 0.29) is 0 Å². The number of anilines is 1. The number of nitrogens with one attached hydrogen (secondary N) is 2. The largest absolute Gasteiger partial charge is 0.449 e. The van der Waals surface area contributed by atoms with Crippen LogP contribution in [0.2, 0.25) is 0 Å². The van der Waals surface area contributed by atoms with Crippen molar-refractivity contribution in [2.75, 3.05) is 18.5 Å². The van der Waals surface area contributed by atoms with E-state index in [0.29, 0.717) is 18.7 Å². The van der Waals surface area contributed by atoms with Gasteiger partial charge in [0.15, 0.2) is 11.5 Å². The molecule has 0 unspecified atom stereocenters. The number of fused-ring (bicyclic) bond motifs is 1. The van der Waals surface area contributed by atoms with Gasteiger partial charge in [-0.3, -0.25) is 10.2 Å². The molecule has 1 aliphatic heterocycles. The van der Waals surface area contributed by atoms with Gasteiger partial charge in [-0.25, -0.2) is 14.6 Å². The number of hydrazone groups is 1. The smallest absolute Gasteiger partial charge is 0.317 e. The minimum absolute atomic E-state index is 0.486. The lowest BCUT2D eigenvalue weighted by Crippen LogP contribution is -2.28. The molecule has 0 amide bonds. The fraction of sp³-hybridized carbons (Fsp3) is 0.350. The highest BCUT2D eigenvalue weighted by molar-refractivity contribution is 5.87. The number of para-hydroxylation sites is 1. The van der Waals surface area contributed by atoms with Crippen LogP contribution in [0.5, 0.6) is 0 Å². The van der Waals surface area contributed by atoms with Gasteiger partial charge in [0.25, 0.3) is 0 Å². The molecule has 0 radical (unpaired) electrons. The summed E-state index contributed by atoms with van der Waals surface area (Å²) < 4.78 is 34.3. The summed E-state index contributed by atoms with van der Waals surface area (Å²) in [6.07, 6.45) is 2.89. The van der Waals surface area contributed by atoms with Gasteiger partial charge >= 0.3 is 6.18 Å². The molecule has 0 spiro atoms. The van der Waals surface area contributed by atoms with Crippen molar-refractivity contribution in [3.05, 3.63) is 42.9 Å². The molecule has 11 heteroatoms. The second kappa shape index (κ2) is 10.1. The zero-order valence-electron chi connectivity index (χ0n) is 16.8. The molecule has 164 valence electrons. The summed E-state index contributed by atoms with van der Waals surface area (Å²) in [7, 11) is 0. The Balaban J connectivity index is 0.000000339. The minimum atomic E-state index is -4.64. The average Bonchev–Trinajstić information content (AvgIpc) is 3.20. The van der Waals surface area contributed by atoms with Gasteiger partial charge in [-0.15, -0.1) is 0 Å². The maximum atomic E-state index is 10.8. The molecule has 2 N–H and O–H groups in total. The molecule has 0 saturated carbocycles. The molecule has 2 aromatic heterocycles. The van der Waals surface area contributed by atoms with Gasteiger partial charge in [0.2, 0.25) is 5.78 Å². The third-order valence-corrected chi connectivity index (χ3v) is 4.61. The number of rotatable bonds is 4. The number of nitrogens with zero attached hydrogens (tertiary/aromatic N) is 5. The highest BCUT2D eigenvalue weighted by Crippen LogP contribution is 2.21. The normalized spacial score (nSPS) is 15.0. The quantitative estimate of drug-likeness (QED) is 0.484. The standard InChI is InChI=1S/C17H19N7.C3H3F3O/c1-2-4-14(5-3-1)24-17-15(11-22-24)16(19-12-20-17)23-21-10-13-6-8-18-9-7-13;1-2(7)3(4,5)6/h1-5,10-13,18H,6-9H2,(H,19,20,23);1H3/b21-10+;. The molecular formula is C20H22F3N7O. The van der Waals surface area contributed by atoms with E-state index < -0.39 is 12.0 Å². The average molecular weight is 433 g/mol. The number of carbonyl (C=O) groups is 1. The van der Waals surface area contributed by atoms with Crippen molar-refractivity contribution in [2.24, 2.45) is 11.0 Å². The Bertz CT molecular complexity index is 1030. The summed E-state index contributed by atoms with van der Waals surface area (Å²) in [6.45, 7) is 2.59. The molecule has 1 saturated heterocycles. The number of carbonyl (C=O) groups excluding carboxylic acids is 1. The van der Waals surface area contributed by atoms with Crippen LogP contribution in [0.15, 0.2) is 48.0 Å². The van der Waals surface area contributed by atoms with Crippen LogP contribution in [-0.2, 0) is 4.79 Å². The molecule has 3 heterocycles. The van der Waals surface area contributed by atoms with Gasteiger partial charge in [-0.2, -0.15) is 23.4 Å². The first-order valence-corrected chi connectivity index (χ1v) is 9.68. The van der Waals surface area contributed by atoms with Crippen LogP contribution in [-0.4, -0.2) is 51.0 Å². The fourth-order valence-corrected chi connectivity index (χ4v) is 2.89. The van der Waals surface area contributed by atoms with Gasteiger partial charge in [-0.1, -0.05) is 18.2 Å². The molecule has 3 aromatic rings. The molecule has 8 nitrogen and oxygen atoms in total. The maximum Gasteiger partial charge on any atom is 0.449 e. The molecule has 31 heavy (non-hydrogen) atoms. The number of alkyl halides is 3. The summed E-state index contributed by atoms with van der Waals surface area (Å²) in [5.41, 5.74) is 4.77. The summed E-state index contributed by atoms with van der Waals surface area (Å²) in [4.78, 5) is 18.0. The number of hydrogen-bond acceptors (Lipinski definition) is 7. The van der Waals surface area contributed by atoms with Crippen molar-refractivity contribution in [3.8, 4) is 5.69 Å². The number of Topliss-reactive ketones (excluding diaryl/α,β-unsaturated/α-hetero) is 1. The molecule has 0 bridgehead atoms. The van der Waals surface area contributed by atoms with Gasteiger partial charge in [-0.05, 0) is 44.0 Å². The van der Waals surface area contributed by atoms with E-state index >= 15 is 0 Å². The molecule has 4 rings (SSSR count). The third-order valence-electron chi connectivity index (χ3n) is 4.61. The lowest BCUT2D eigenvalue weighted by atomic mass is 10.00. The highest BCUT2D eigenvalue weighted by atomic mass is 19.4. The van der Waals surface area contributed by atoms with Gasteiger partial charge in [0.05, 0.1) is 17.3 Å². The molecular weight excluding hydrogens is 411 g/mol. The predicted octanol–water partition coefficient (Wildman–Crippen LogP) is 3.35. The van der Waals surface area contributed by atoms with Crippen LogP contribution in [0.25, 0.3) is 16.7 Å². The first kappa shape index (κ1) is 22.3. The number of piperidine rings is 1. The number of benzene rings is 1. The minimum Gasteiger partial charge on any atom is -0.317 e. The molecule has 0 atom stereocenters. The van der Waals surface area contributed by atoms with Crippen molar-refractivity contribution < 1.29 is 18.0 Å². The van der Waals surface area contributed by atoms with E-state index in [1.54, 1.807) is 10.9 Å². The SMILES string of the molecule is C(=N\Nc1ncnc2c1cnn2-c1ccccc1)/C1CCNCC1.CC(=O)C(F)(F)F. The summed E-state index contributed by atoms with van der Waals surface area (Å²) in [5, 5.41) is 13.0. The van der Waals surface area contributed by atoms with E-state index in [0.717, 1.165) is 42.7 Å². The van der Waals surface area contributed by atoms with E-state index in [1.807, 2.05) is 36.5 Å². The van der Waals surface area contributed by atoms with Crippen LogP contribution in [0.1, 0.15) is 19.8 Å². The Morgan fingerprint density at radius 1 is 1.23 bits per heavy atom. The van der Waals surface area contributed by atoms with Crippen molar-refractivity contribution in [1.29, 1.82) is 0 Å². The maximum absolute atomic E-state index is 10.8. The molecule has 1 aromatic carbocycles. The topological polar surface area (TPSA) is 97.1 Å². The van der Waals surface area contributed by atoms with Gasteiger partial charge in [0.1, 0.15) is 6.33 Å². The fourth-order valence-electron chi connectivity index (χ4n) is 2.89. The molecule has 1 aliphatic rings. The summed E-state index contributed by atoms with van der Waals surface area (Å²) in [5.74, 6) is -0.567. The van der Waals surface area contributed by atoms with Crippen LogP contribution in [0, 0.1) is 5.92 Å². The Morgan fingerprint density at radius 3 is 2.55 bits per heavy atom. The Kier molecular flexibility index (Phi) is 7.29. The highest BCUT2D eigenvalue weighted by Gasteiger charge is 2.33. The summed E-state index contributed by atoms with van der Waals surface area (Å²) in [6, 6.07) is 9.93. The van der Waals surface area contributed by atoms with Crippen molar-refractivity contribution in [2.45, 2.75) is 25.9 Å². The number of hydrogen-bond donors (Lipinski definition) is 2. The number of halogens is 3. The van der Waals surface area contributed by atoms with E-state index in [9.17, 15) is 18.0 Å². The Morgan fingerprint density at radius 2 is 1.90 bits per heavy atom. The summed E-state index contributed by atoms with van der Waals surface area (Å²) >= 11 is 0. The van der Waals surface area contributed by atoms with Crippen molar-refractivity contribution in [1.82, 2.24) is 25.1 Å². The van der Waals surface area contributed by atoms with Crippen LogP contribution in [0.3, 0.4) is 0 Å². The number of aromatic nitrogens is 4. The second-order valence-electron chi connectivity index (χ2n) is 6.88. The molecule has 1 fully saturated rings.